The highest BCUT2D eigenvalue weighted by Gasteiger charge is 2.53. The highest BCUT2D eigenvalue weighted by Crippen LogP contribution is 2.35. The van der Waals surface area contributed by atoms with E-state index in [2.05, 4.69) is 53.4 Å². The molecule has 3 aliphatic rings. The van der Waals surface area contributed by atoms with E-state index in [-0.39, 0.29) is 17.9 Å². The Morgan fingerprint density at radius 3 is 2.12 bits per heavy atom. The molecule has 7 nitrogen and oxygen atoms in total. The molecule has 164 valence electrons. The maximum absolute atomic E-state index is 12.9. The van der Waals surface area contributed by atoms with Gasteiger partial charge < -0.3 is 14.7 Å². The molecule has 0 aromatic heterocycles. The maximum atomic E-state index is 12.9. The summed E-state index contributed by atoms with van der Waals surface area (Å²) in [6.45, 7) is 2.80. The molecule has 1 saturated heterocycles. The molecular formula is C25H27N5O2. The third-order valence-corrected chi connectivity index (χ3v) is 6.67. The number of carbonyl (C=O) groups excluding carboxylic acids is 2. The van der Waals surface area contributed by atoms with Crippen LogP contribution in [-0.2, 0) is 4.79 Å². The molecule has 2 aromatic carbocycles. The lowest BCUT2D eigenvalue weighted by Gasteiger charge is -2.38. The molecule has 2 unspecified atom stereocenters. The zero-order chi connectivity index (χ0) is 22.4. The van der Waals surface area contributed by atoms with Crippen molar-refractivity contribution in [2.45, 2.75) is 31.5 Å². The Kier molecular flexibility index (Phi) is 4.96. The lowest BCUT2D eigenvalue weighted by atomic mass is 9.88. The summed E-state index contributed by atoms with van der Waals surface area (Å²) in [5.74, 6) is 0.787. The summed E-state index contributed by atoms with van der Waals surface area (Å²) in [5, 5.41) is 0. The van der Waals surface area contributed by atoms with Gasteiger partial charge in [-0.2, -0.15) is 0 Å². The van der Waals surface area contributed by atoms with Crippen LogP contribution in [0.15, 0.2) is 77.6 Å². The van der Waals surface area contributed by atoms with Gasteiger partial charge >= 0.3 is 6.03 Å². The van der Waals surface area contributed by atoms with Crippen molar-refractivity contribution >= 4 is 17.9 Å². The number of likely N-dealkylation sites (N-methyl/N-ethyl adjacent to an activating group) is 2. The lowest BCUT2D eigenvalue weighted by molar-refractivity contribution is -0.135. The Morgan fingerprint density at radius 2 is 1.53 bits per heavy atom. The van der Waals surface area contributed by atoms with Crippen molar-refractivity contribution in [2.75, 3.05) is 20.6 Å². The Bertz CT molecular complexity index is 1060. The molecule has 0 spiro atoms. The van der Waals surface area contributed by atoms with Crippen LogP contribution in [0.2, 0.25) is 0 Å². The smallest absolute Gasteiger partial charge is 0.315 e. The minimum atomic E-state index is -0.503. The van der Waals surface area contributed by atoms with E-state index in [0.717, 1.165) is 24.6 Å². The van der Waals surface area contributed by atoms with Crippen LogP contribution in [-0.4, -0.2) is 70.3 Å². The maximum Gasteiger partial charge on any atom is 0.328 e. The monoisotopic (exact) mass is 429 g/mol. The van der Waals surface area contributed by atoms with Gasteiger partial charge in [0.2, 0.25) is 5.96 Å². The van der Waals surface area contributed by atoms with Gasteiger partial charge in [0.1, 0.15) is 0 Å². The highest BCUT2D eigenvalue weighted by atomic mass is 16.2. The number of fused-ring (bicyclic) bond motifs is 3. The van der Waals surface area contributed by atoms with E-state index < -0.39 is 12.2 Å². The summed E-state index contributed by atoms with van der Waals surface area (Å²) in [5.41, 5.74) is 3.61. The first-order valence-corrected chi connectivity index (χ1v) is 10.9. The van der Waals surface area contributed by atoms with E-state index >= 15 is 0 Å². The second-order valence-electron chi connectivity index (χ2n) is 8.57. The third kappa shape index (κ3) is 3.16. The van der Waals surface area contributed by atoms with Gasteiger partial charge in [0, 0.05) is 38.5 Å². The number of allylic oxidation sites excluding steroid dienone is 1. The normalized spacial score (nSPS) is 22.4. The van der Waals surface area contributed by atoms with E-state index in [1.54, 1.807) is 11.9 Å². The fourth-order valence-electron chi connectivity index (χ4n) is 4.92. The number of hydrogen-bond donors (Lipinski definition) is 0. The largest absolute Gasteiger partial charge is 0.328 e. The molecule has 3 aliphatic heterocycles. The van der Waals surface area contributed by atoms with Crippen LogP contribution in [0.25, 0.3) is 0 Å². The van der Waals surface area contributed by atoms with Crippen LogP contribution in [0.5, 0.6) is 0 Å². The molecule has 0 radical (unpaired) electrons. The molecule has 2 aromatic rings. The molecule has 2 atom stereocenters. The van der Waals surface area contributed by atoms with Gasteiger partial charge in [0.25, 0.3) is 5.91 Å². The number of carbonyl (C=O) groups is 2. The van der Waals surface area contributed by atoms with E-state index in [9.17, 15) is 9.59 Å². The number of urea groups is 1. The van der Waals surface area contributed by atoms with E-state index in [0.29, 0.717) is 0 Å². The average Bonchev–Trinajstić information content (AvgIpc) is 3.33. The Labute approximate surface area is 188 Å². The molecule has 0 bridgehead atoms. The van der Waals surface area contributed by atoms with Crippen LogP contribution in [0.4, 0.5) is 4.79 Å². The van der Waals surface area contributed by atoms with Crippen molar-refractivity contribution in [1.82, 2.24) is 19.6 Å². The van der Waals surface area contributed by atoms with Crippen molar-refractivity contribution in [2.24, 2.45) is 4.99 Å². The molecule has 32 heavy (non-hydrogen) atoms. The standard InChI is InChI=1S/C25H27N5O2/c1-17-16-30-21-22(27(2)25(32)28(3)23(21)31)26-24(30)29(17)15-14-20(18-10-6-4-7-11-18)19-12-8-5-9-13-19/h4-13,16,20-22H,14-15H2,1-3H3. The molecule has 3 heterocycles. The molecule has 7 heteroatoms. The first kappa shape index (κ1) is 20.3. The molecule has 5 rings (SSSR count). The van der Waals surface area contributed by atoms with Crippen molar-refractivity contribution in [3.63, 3.8) is 0 Å². The second kappa shape index (κ2) is 7.82. The summed E-state index contributed by atoms with van der Waals surface area (Å²) >= 11 is 0. The predicted octanol–water partition coefficient (Wildman–Crippen LogP) is 3.28. The molecule has 0 N–H and O–H groups in total. The van der Waals surface area contributed by atoms with Crippen LogP contribution in [0, 0.1) is 0 Å². The first-order valence-electron chi connectivity index (χ1n) is 10.9. The van der Waals surface area contributed by atoms with Gasteiger partial charge in [0.05, 0.1) is 0 Å². The second-order valence-corrected chi connectivity index (χ2v) is 8.57. The van der Waals surface area contributed by atoms with Crippen molar-refractivity contribution in [3.05, 3.63) is 83.7 Å². The number of aliphatic imine (C=N–C) groups is 1. The fourth-order valence-corrected chi connectivity index (χ4v) is 4.92. The summed E-state index contributed by atoms with van der Waals surface area (Å²) < 4.78 is 0. The van der Waals surface area contributed by atoms with Crippen LogP contribution in [0.1, 0.15) is 30.4 Å². The SMILES string of the molecule is CC1=CN2C(=NC3C2C(=O)N(C)C(=O)N3C)N1CCC(c1ccccc1)c1ccccc1. The number of nitrogens with zero attached hydrogens (tertiary/aromatic N) is 5. The Balaban J connectivity index is 1.40. The zero-order valence-electron chi connectivity index (χ0n) is 18.5. The van der Waals surface area contributed by atoms with Gasteiger partial charge in [-0.1, -0.05) is 60.7 Å². The summed E-state index contributed by atoms with van der Waals surface area (Å²) in [6.07, 6.45) is 2.38. The number of amides is 3. The summed E-state index contributed by atoms with van der Waals surface area (Å²) in [6, 6.07) is 20.3. The number of rotatable bonds is 5. The minimum Gasteiger partial charge on any atom is -0.315 e. The van der Waals surface area contributed by atoms with Crippen molar-refractivity contribution in [1.29, 1.82) is 0 Å². The number of guanidine groups is 1. The summed E-state index contributed by atoms with van der Waals surface area (Å²) in [7, 11) is 3.24. The van der Waals surface area contributed by atoms with E-state index in [4.69, 9.17) is 4.99 Å². The number of hydrogen-bond acceptors (Lipinski definition) is 5. The third-order valence-electron chi connectivity index (χ3n) is 6.67. The van der Waals surface area contributed by atoms with Gasteiger partial charge in [-0.3, -0.25) is 9.69 Å². The van der Waals surface area contributed by atoms with Crippen molar-refractivity contribution in [3.8, 4) is 0 Å². The molecule has 3 amide bonds. The van der Waals surface area contributed by atoms with Crippen molar-refractivity contribution < 1.29 is 9.59 Å². The fraction of sp³-hybridized carbons (Fsp3) is 0.320. The topological polar surface area (TPSA) is 59.5 Å². The number of benzene rings is 2. The molecule has 1 fully saturated rings. The molecule has 0 aliphatic carbocycles. The van der Waals surface area contributed by atoms with Gasteiger partial charge in [-0.25, -0.2) is 9.79 Å². The zero-order valence-corrected chi connectivity index (χ0v) is 18.5. The van der Waals surface area contributed by atoms with E-state index in [1.807, 2.05) is 30.2 Å². The van der Waals surface area contributed by atoms with Crippen LogP contribution < -0.4 is 0 Å². The van der Waals surface area contributed by atoms with Gasteiger partial charge in [-0.05, 0) is 24.5 Å². The number of imide groups is 1. The molecular weight excluding hydrogens is 402 g/mol. The molecule has 0 saturated carbocycles. The predicted molar refractivity (Wildman–Crippen MR) is 123 cm³/mol. The quantitative estimate of drug-likeness (QED) is 0.732. The lowest BCUT2D eigenvalue weighted by Crippen LogP contribution is -2.63. The first-order chi connectivity index (χ1) is 15.5. The van der Waals surface area contributed by atoms with Gasteiger partial charge in [0.15, 0.2) is 12.2 Å². The highest BCUT2D eigenvalue weighted by molar-refractivity contribution is 6.04. The van der Waals surface area contributed by atoms with Crippen LogP contribution in [0.3, 0.4) is 0 Å². The minimum absolute atomic E-state index is 0.214. The van der Waals surface area contributed by atoms with Gasteiger partial charge in [-0.15, -0.1) is 0 Å². The van der Waals surface area contributed by atoms with E-state index in [1.165, 1.54) is 23.1 Å². The summed E-state index contributed by atoms with van der Waals surface area (Å²) in [4.78, 5) is 36.9. The Hall–Kier alpha value is -3.61. The van der Waals surface area contributed by atoms with Crippen LogP contribution >= 0.6 is 0 Å². The average molecular weight is 430 g/mol. The Morgan fingerprint density at radius 1 is 0.938 bits per heavy atom.